The zero-order valence-corrected chi connectivity index (χ0v) is 20.7. The molecule has 0 aromatic heterocycles. The second-order valence-corrected chi connectivity index (χ2v) is 9.54. The molecule has 0 saturated carbocycles. The summed E-state index contributed by atoms with van der Waals surface area (Å²) in [5, 5.41) is 0. The largest absolute Gasteiger partial charge is 0.493 e. The minimum absolute atomic E-state index is 0.120. The molecule has 8 heteroatoms. The van der Waals surface area contributed by atoms with Gasteiger partial charge in [-0.3, -0.25) is 9.10 Å². The third-order valence-corrected chi connectivity index (χ3v) is 7.25. The Hall–Kier alpha value is -3.52. The molecule has 180 valence electrons. The predicted octanol–water partition coefficient (Wildman–Crippen LogP) is 4.58. The molecular formula is C26H30N2O5S. The number of sulfonamides is 1. The smallest absolute Gasteiger partial charge is 0.264 e. The SMILES string of the molecule is CCOc1ccc(CN(CC)C(=O)c2ccc(S(=O)(=O)N(C)c3ccccc3)cc2)cc1OC. The highest BCUT2D eigenvalue weighted by atomic mass is 32.2. The molecule has 3 rings (SSSR count). The third-order valence-electron chi connectivity index (χ3n) is 5.45. The normalized spacial score (nSPS) is 11.1. The van der Waals surface area contributed by atoms with E-state index < -0.39 is 10.0 Å². The first-order valence-corrected chi connectivity index (χ1v) is 12.5. The van der Waals surface area contributed by atoms with E-state index in [2.05, 4.69) is 0 Å². The van der Waals surface area contributed by atoms with Crippen molar-refractivity contribution in [1.29, 1.82) is 0 Å². The Balaban J connectivity index is 1.77. The number of carbonyl (C=O) groups is 1. The van der Waals surface area contributed by atoms with E-state index in [-0.39, 0.29) is 10.8 Å². The number of hydrogen-bond acceptors (Lipinski definition) is 5. The van der Waals surface area contributed by atoms with E-state index in [0.717, 1.165) is 5.56 Å². The van der Waals surface area contributed by atoms with Gasteiger partial charge in [0.1, 0.15) is 0 Å². The maximum atomic E-state index is 13.1. The monoisotopic (exact) mass is 482 g/mol. The summed E-state index contributed by atoms with van der Waals surface area (Å²) in [6.07, 6.45) is 0. The zero-order valence-electron chi connectivity index (χ0n) is 19.9. The molecule has 0 aliphatic rings. The lowest BCUT2D eigenvalue weighted by molar-refractivity contribution is 0.0752. The first-order valence-electron chi connectivity index (χ1n) is 11.0. The lowest BCUT2D eigenvalue weighted by Crippen LogP contribution is -2.30. The summed E-state index contributed by atoms with van der Waals surface area (Å²) in [5.41, 5.74) is 1.88. The van der Waals surface area contributed by atoms with E-state index in [9.17, 15) is 13.2 Å². The number of rotatable bonds is 10. The average Bonchev–Trinajstić information content (AvgIpc) is 2.87. The van der Waals surface area contributed by atoms with Crippen molar-refractivity contribution in [3.05, 3.63) is 83.9 Å². The number of hydrogen-bond donors (Lipinski definition) is 0. The van der Waals surface area contributed by atoms with E-state index in [1.807, 2.05) is 38.1 Å². The van der Waals surface area contributed by atoms with Crippen LogP contribution in [0, 0.1) is 0 Å². The number of anilines is 1. The molecule has 34 heavy (non-hydrogen) atoms. The van der Waals surface area contributed by atoms with Gasteiger partial charge in [-0.25, -0.2) is 8.42 Å². The van der Waals surface area contributed by atoms with Crippen molar-refractivity contribution in [3.8, 4) is 11.5 Å². The summed E-state index contributed by atoms with van der Waals surface area (Å²) < 4.78 is 38.2. The molecule has 0 spiro atoms. The van der Waals surface area contributed by atoms with E-state index in [1.165, 1.54) is 23.5 Å². The average molecular weight is 483 g/mol. The highest BCUT2D eigenvalue weighted by Crippen LogP contribution is 2.29. The number of amides is 1. The quantitative estimate of drug-likeness (QED) is 0.423. The van der Waals surface area contributed by atoms with Crippen molar-refractivity contribution >= 4 is 21.6 Å². The molecule has 0 atom stereocenters. The number of nitrogens with zero attached hydrogens (tertiary/aromatic N) is 2. The summed E-state index contributed by atoms with van der Waals surface area (Å²) in [6, 6.07) is 20.5. The molecule has 1 amide bonds. The fourth-order valence-corrected chi connectivity index (χ4v) is 4.72. The maximum Gasteiger partial charge on any atom is 0.264 e. The lowest BCUT2D eigenvalue weighted by atomic mass is 10.1. The highest BCUT2D eigenvalue weighted by Gasteiger charge is 2.22. The van der Waals surface area contributed by atoms with Gasteiger partial charge in [0, 0.05) is 25.7 Å². The van der Waals surface area contributed by atoms with Crippen LogP contribution in [-0.4, -0.2) is 46.5 Å². The Morgan fingerprint density at radius 2 is 1.59 bits per heavy atom. The molecule has 0 aliphatic carbocycles. The summed E-state index contributed by atoms with van der Waals surface area (Å²) in [5.74, 6) is 1.08. The Morgan fingerprint density at radius 1 is 0.912 bits per heavy atom. The molecule has 3 aromatic carbocycles. The van der Waals surface area contributed by atoms with Gasteiger partial charge < -0.3 is 14.4 Å². The fraction of sp³-hybridized carbons (Fsp3) is 0.269. The summed E-state index contributed by atoms with van der Waals surface area (Å²) >= 11 is 0. The van der Waals surface area contributed by atoms with Crippen molar-refractivity contribution in [1.82, 2.24) is 4.90 Å². The highest BCUT2D eigenvalue weighted by molar-refractivity contribution is 7.92. The molecule has 3 aromatic rings. The van der Waals surface area contributed by atoms with Crippen LogP contribution in [-0.2, 0) is 16.6 Å². The van der Waals surface area contributed by atoms with Crippen LogP contribution in [0.15, 0.2) is 77.7 Å². The predicted molar refractivity (Wildman–Crippen MR) is 133 cm³/mol. The second-order valence-electron chi connectivity index (χ2n) is 7.57. The van der Waals surface area contributed by atoms with Gasteiger partial charge in [0.05, 0.1) is 24.3 Å². The molecule has 0 unspecified atom stereocenters. The summed E-state index contributed by atoms with van der Waals surface area (Å²) in [6.45, 7) is 5.21. The van der Waals surface area contributed by atoms with Gasteiger partial charge in [-0.05, 0) is 67.9 Å². The lowest BCUT2D eigenvalue weighted by Gasteiger charge is -2.22. The van der Waals surface area contributed by atoms with Gasteiger partial charge in [0.15, 0.2) is 11.5 Å². The molecule has 0 fully saturated rings. The number of para-hydroxylation sites is 1. The van der Waals surface area contributed by atoms with Crippen LogP contribution in [0.4, 0.5) is 5.69 Å². The number of benzene rings is 3. The molecular weight excluding hydrogens is 452 g/mol. The van der Waals surface area contributed by atoms with Crippen LogP contribution >= 0.6 is 0 Å². The summed E-state index contributed by atoms with van der Waals surface area (Å²) in [4.78, 5) is 14.9. The first-order chi connectivity index (χ1) is 16.3. The van der Waals surface area contributed by atoms with Crippen molar-refractivity contribution in [2.75, 3.05) is 31.6 Å². The molecule has 7 nitrogen and oxygen atoms in total. The Kier molecular flexibility index (Phi) is 8.17. The van der Waals surface area contributed by atoms with Crippen LogP contribution in [0.2, 0.25) is 0 Å². The van der Waals surface area contributed by atoms with Crippen LogP contribution in [0.3, 0.4) is 0 Å². The topological polar surface area (TPSA) is 76.2 Å². The standard InChI is InChI=1S/C26H30N2O5S/c1-5-28(19-20-12-17-24(33-6-2)25(18-20)32-4)26(29)21-13-15-23(16-14-21)34(30,31)27(3)22-10-8-7-9-11-22/h7-18H,5-6,19H2,1-4H3. The molecule has 0 N–H and O–H groups in total. The van der Waals surface area contributed by atoms with Crippen molar-refractivity contribution in [2.45, 2.75) is 25.3 Å². The molecule has 0 saturated heterocycles. The van der Waals surface area contributed by atoms with Crippen LogP contribution in [0.25, 0.3) is 0 Å². The van der Waals surface area contributed by atoms with Gasteiger partial charge in [-0.1, -0.05) is 24.3 Å². The number of carbonyl (C=O) groups excluding carboxylic acids is 1. The zero-order chi connectivity index (χ0) is 24.7. The van der Waals surface area contributed by atoms with Gasteiger partial charge in [0.25, 0.3) is 15.9 Å². The van der Waals surface area contributed by atoms with Crippen LogP contribution in [0.5, 0.6) is 11.5 Å². The van der Waals surface area contributed by atoms with E-state index in [4.69, 9.17) is 9.47 Å². The minimum atomic E-state index is -3.74. The molecule has 0 radical (unpaired) electrons. The Labute approximate surface area is 201 Å². The van der Waals surface area contributed by atoms with Gasteiger partial charge in [-0.15, -0.1) is 0 Å². The van der Waals surface area contributed by atoms with Gasteiger partial charge >= 0.3 is 0 Å². The van der Waals surface area contributed by atoms with Crippen LogP contribution in [0.1, 0.15) is 29.8 Å². The van der Waals surface area contributed by atoms with E-state index in [0.29, 0.717) is 42.4 Å². The second kappa shape index (κ2) is 11.1. The summed E-state index contributed by atoms with van der Waals surface area (Å²) in [7, 11) is -0.657. The van der Waals surface area contributed by atoms with Crippen LogP contribution < -0.4 is 13.8 Å². The minimum Gasteiger partial charge on any atom is -0.493 e. The third kappa shape index (κ3) is 5.51. The Morgan fingerprint density at radius 3 is 2.18 bits per heavy atom. The maximum absolute atomic E-state index is 13.1. The van der Waals surface area contributed by atoms with E-state index in [1.54, 1.807) is 48.4 Å². The van der Waals surface area contributed by atoms with Crippen molar-refractivity contribution < 1.29 is 22.7 Å². The molecule has 0 aliphatic heterocycles. The van der Waals surface area contributed by atoms with Crippen molar-refractivity contribution in [3.63, 3.8) is 0 Å². The fourth-order valence-electron chi connectivity index (χ4n) is 3.52. The van der Waals surface area contributed by atoms with Crippen molar-refractivity contribution in [2.24, 2.45) is 0 Å². The Bertz CT molecular complexity index is 1210. The van der Waals surface area contributed by atoms with Gasteiger partial charge in [0.2, 0.25) is 0 Å². The number of methoxy groups -OCH3 is 1. The molecule has 0 heterocycles. The first kappa shape index (κ1) is 25.1. The van der Waals surface area contributed by atoms with E-state index >= 15 is 0 Å². The molecule has 0 bridgehead atoms. The van der Waals surface area contributed by atoms with Gasteiger partial charge in [-0.2, -0.15) is 0 Å². The number of ether oxygens (including phenoxy) is 2.